The Balaban J connectivity index is 3.63. The first-order valence-electron chi connectivity index (χ1n) is 21.2. The van der Waals surface area contributed by atoms with Crippen molar-refractivity contribution in [3.05, 3.63) is 36.5 Å². The molecular weight excluding hydrogens is 590 g/mol. The third-order valence-corrected chi connectivity index (χ3v) is 9.60. The molecule has 1 amide bonds. The molecule has 0 aromatic rings. The number of carbonyl (C=O) groups excluding carboxylic acids is 1. The highest BCUT2D eigenvalue weighted by molar-refractivity contribution is 5.76. The summed E-state index contributed by atoms with van der Waals surface area (Å²) < 4.78 is 0. The number of hydrogen-bond acceptors (Lipinski definition) is 3. The lowest BCUT2D eigenvalue weighted by molar-refractivity contribution is -0.123. The Bertz CT molecular complexity index is 731. The van der Waals surface area contributed by atoms with E-state index < -0.39 is 12.1 Å². The van der Waals surface area contributed by atoms with E-state index in [0.29, 0.717) is 6.42 Å². The Kier molecular flexibility index (Phi) is 38.9. The first kappa shape index (κ1) is 46.6. The maximum atomic E-state index is 12.4. The largest absolute Gasteiger partial charge is 0.394 e. The molecule has 0 heterocycles. The van der Waals surface area contributed by atoms with Gasteiger partial charge in [0.1, 0.15) is 0 Å². The van der Waals surface area contributed by atoms with Gasteiger partial charge in [0.05, 0.1) is 18.8 Å². The zero-order valence-corrected chi connectivity index (χ0v) is 32.3. The van der Waals surface area contributed by atoms with E-state index in [2.05, 4.69) is 43.5 Å². The van der Waals surface area contributed by atoms with Crippen molar-refractivity contribution < 1.29 is 15.0 Å². The molecule has 2 atom stereocenters. The van der Waals surface area contributed by atoms with Gasteiger partial charge in [0.15, 0.2) is 0 Å². The van der Waals surface area contributed by atoms with Gasteiger partial charge in [-0.3, -0.25) is 4.79 Å². The van der Waals surface area contributed by atoms with Gasteiger partial charge in [-0.15, -0.1) is 0 Å². The van der Waals surface area contributed by atoms with Crippen LogP contribution in [0.1, 0.15) is 219 Å². The zero-order chi connectivity index (χ0) is 35.0. The smallest absolute Gasteiger partial charge is 0.220 e. The number of aliphatic hydroxyl groups is 2. The molecule has 0 aromatic heterocycles. The summed E-state index contributed by atoms with van der Waals surface area (Å²) >= 11 is 0. The first-order chi connectivity index (χ1) is 23.7. The SMILES string of the molecule is CCCCCCCCCC/C=C/CC/C=C/CC/C=C/C(O)C(CO)NC(=O)CCCCCCCCCCCCCCCCCCCC. The van der Waals surface area contributed by atoms with Gasteiger partial charge in [-0.1, -0.05) is 204 Å². The van der Waals surface area contributed by atoms with E-state index in [-0.39, 0.29) is 12.5 Å². The topological polar surface area (TPSA) is 69.6 Å². The van der Waals surface area contributed by atoms with Crippen molar-refractivity contribution in [3.63, 3.8) is 0 Å². The number of rotatable bonds is 38. The van der Waals surface area contributed by atoms with E-state index in [9.17, 15) is 15.0 Å². The number of allylic oxidation sites excluding steroid dienone is 5. The van der Waals surface area contributed by atoms with Gasteiger partial charge in [0.2, 0.25) is 5.91 Å². The molecule has 0 saturated heterocycles. The predicted octanol–water partition coefficient (Wildman–Crippen LogP) is 13.0. The molecule has 0 aliphatic rings. The van der Waals surface area contributed by atoms with Gasteiger partial charge in [0.25, 0.3) is 0 Å². The van der Waals surface area contributed by atoms with E-state index >= 15 is 0 Å². The summed E-state index contributed by atoms with van der Waals surface area (Å²) in [6.45, 7) is 4.30. The summed E-state index contributed by atoms with van der Waals surface area (Å²) in [7, 11) is 0. The average Bonchev–Trinajstić information content (AvgIpc) is 3.09. The third kappa shape index (κ3) is 35.9. The summed E-state index contributed by atoms with van der Waals surface area (Å²) in [6, 6.07) is -0.641. The average molecular weight is 674 g/mol. The summed E-state index contributed by atoms with van der Waals surface area (Å²) in [5.41, 5.74) is 0. The standard InChI is InChI=1S/C44H83NO3/c1-3-5-7-9-11-13-15-17-19-21-23-25-27-29-31-33-35-37-39-43(47)42(41-46)45-44(48)40-38-36-34-32-30-28-26-24-22-20-18-16-14-12-10-8-6-4-2/h21,23,29,31,37,39,42-43,46-47H,3-20,22,24-28,30,32-36,38,40-41H2,1-2H3,(H,45,48)/b23-21+,31-29+,39-37+. The van der Waals surface area contributed by atoms with Gasteiger partial charge in [-0.25, -0.2) is 0 Å². The van der Waals surface area contributed by atoms with Crippen molar-refractivity contribution in [3.8, 4) is 0 Å². The number of hydrogen-bond donors (Lipinski definition) is 3. The Morgan fingerprint density at radius 3 is 1.21 bits per heavy atom. The summed E-state index contributed by atoms with van der Waals surface area (Å²) in [5, 5.41) is 23.0. The van der Waals surface area contributed by atoms with Crippen LogP contribution in [-0.4, -0.2) is 34.9 Å². The normalized spacial score (nSPS) is 13.3. The minimum absolute atomic E-state index is 0.0761. The molecule has 0 spiro atoms. The fourth-order valence-corrected chi connectivity index (χ4v) is 6.33. The van der Waals surface area contributed by atoms with E-state index in [0.717, 1.165) is 38.5 Å². The van der Waals surface area contributed by atoms with Crippen LogP contribution in [-0.2, 0) is 4.79 Å². The van der Waals surface area contributed by atoms with Crippen LogP contribution in [0.4, 0.5) is 0 Å². The van der Waals surface area contributed by atoms with Gasteiger partial charge < -0.3 is 15.5 Å². The van der Waals surface area contributed by atoms with Crippen molar-refractivity contribution in [2.24, 2.45) is 0 Å². The van der Waals surface area contributed by atoms with Crippen molar-refractivity contribution in [2.75, 3.05) is 6.61 Å². The minimum Gasteiger partial charge on any atom is -0.394 e. The summed E-state index contributed by atoms with van der Waals surface area (Å²) in [6.07, 6.45) is 52.4. The lowest BCUT2D eigenvalue weighted by atomic mass is 10.0. The van der Waals surface area contributed by atoms with Crippen LogP contribution in [0.15, 0.2) is 36.5 Å². The fourth-order valence-electron chi connectivity index (χ4n) is 6.33. The molecule has 0 aliphatic heterocycles. The maximum absolute atomic E-state index is 12.4. The lowest BCUT2D eigenvalue weighted by Crippen LogP contribution is -2.45. The molecule has 3 N–H and O–H groups in total. The van der Waals surface area contributed by atoms with Crippen molar-refractivity contribution >= 4 is 5.91 Å². The molecule has 0 saturated carbocycles. The molecular formula is C44H83NO3. The summed E-state index contributed by atoms with van der Waals surface area (Å²) in [4.78, 5) is 12.4. The monoisotopic (exact) mass is 674 g/mol. The van der Waals surface area contributed by atoms with Crippen LogP contribution < -0.4 is 5.32 Å². The predicted molar refractivity (Wildman–Crippen MR) is 212 cm³/mol. The van der Waals surface area contributed by atoms with Gasteiger partial charge in [-0.2, -0.15) is 0 Å². The maximum Gasteiger partial charge on any atom is 0.220 e. The molecule has 4 nitrogen and oxygen atoms in total. The highest BCUT2D eigenvalue weighted by Crippen LogP contribution is 2.15. The van der Waals surface area contributed by atoms with E-state index in [4.69, 9.17) is 0 Å². The van der Waals surface area contributed by atoms with E-state index in [1.807, 2.05) is 6.08 Å². The summed E-state index contributed by atoms with van der Waals surface area (Å²) in [5.74, 6) is -0.0761. The fraction of sp³-hybridized carbons (Fsp3) is 0.841. The van der Waals surface area contributed by atoms with Crippen LogP contribution >= 0.6 is 0 Å². The molecule has 0 rings (SSSR count). The second kappa shape index (κ2) is 40.0. The van der Waals surface area contributed by atoms with Crippen LogP contribution in [0.25, 0.3) is 0 Å². The second-order valence-corrected chi connectivity index (χ2v) is 14.4. The van der Waals surface area contributed by atoms with Crippen LogP contribution in [0.3, 0.4) is 0 Å². The van der Waals surface area contributed by atoms with Gasteiger partial charge in [-0.05, 0) is 44.9 Å². The van der Waals surface area contributed by atoms with Crippen molar-refractivity contribution in [1.29, 1.82) is 0 Å². The molecule has 0 aromatic carbocycles. The van der Waals surface area contributed by atoms with Crippen molar-refractivity contribution in [1.82, 2.24) is 5.32 Å². The number of amides is 1. The number of unbranched alkanes of at least 4 members (excludes halogenated alkanes) is 27. The molecule has 0 fully saturated rings. The molecule has 4 heteroatoms. The molecule has 0 aliphatic carbocycles. The van der Waals surface area contributed by atoms with Crippen molar-refractivity contribution in [2.45, 2.75) is 231 Å². The lowest BCUT2D eigenvalue weighted by Gasteiger charge is -2.19. The Labute approximate surface area is 300 Å². The Morgan fingerprint density at radius 1 is 0.479 bits per heavy atom. The van der Waals surface area contributed by atoms with E-state index in [1.165, 1.54) is 161 Å². The minimum atomic E-state index is -0.866. The second-order valence-electron chi connectivity index (χ2n) is 14.4. The highest BCUT2D eigenvalue weighted by atomic mass is 16.3. The van der Waals surface area contributed by atoms with Crippen LogP contribution in [0.5, 0.6) is 0 Å². The quantitative estimate of drug-likeness (QED) is 0.0451. The number of nitrogens with one attached hydrogen (secondary N) is 1. The first-order valence-corrected chi connectivity index (χ1v) is 21.2. The van der Waals surface area contributed by atoms with Crippen LogP contribution in [0.2, 0.25) is 0 Å². The third-order valence-electron chi connectivity index (χ3n) is 9.60. The molecule has 0 radical (unpaired) electrons. The molecule has 0 bridgehead atoms. The zero-order valence-electron chi connectivity index (χ0n) is 32.3. The Hall–Kier alpha value is -1.39. The van der Waals surface area contributed by atoms with Gasteiger partial charge in [0, 0.05) is 6.42 Å². The molecule has 48 heavy (non-hydrogen) atoms. The van der Waals surface area contributed by atoms with Gasteiger partial charge >= 0.3 is 0 Å². The van der Waals surface area contributed by atoms with Crippen LogP contribution in [0, 0.1) is 0 Å². The number of aliphatic hydroxyl groups excluding tert-OH is 2. The number of carbonyl (C=O) groups is 1. The molecule has 2 unspecified atom stereocenters. The molecule has 282 valence electrons. The Morgan fingerprint density at radius 2 is 0.812 bits per heavy atom. The van der Waals surface area contributed by atoms with E-state index in [1.54, 1.807) is 6.08 Å². The highest BCUT2D eigenvalue weighted by Gasteiger charge is 2.17.